The van der Waals surface area contributed by atoms with Crippen LogP contribution in [0.4, 0.5) is 0 Å². The third kappa shape index (κ3) is 2.66. The van der Waals surface area contributed by atoms with Gasteiger partial charge in [0.15, 0.2) is 0 Å². The molecule has 1 radical (unpaired) electrons. The van der Waals surface area contributed by atoms with E-state index in [1.54, 1.807) is 6.92 Å². The quantitative estimate of drug-likeness (QED) is 0.420. The van der Waals surface area contributed by atoms with Crippen LogP contribution in [-0.4, -0.2) is 65.8 Å². The summed E-state index contributed by atoms with van der Waals surface area (Å²) < 4.78 is 6.98. The molecule has 2 heterocycles. The third-order valence-corrected chi connectivity index (χ3v) is 3.86. The zero-order valence-corrected chi connectivity index (χ0v) is 12.4. The van der Waals surface area contributed by atoms with Crippen molar-refractivity contribution in [2.75, 3.05) is 6.61 Å². The summed E-state index contributed by atoms with van der Waals surface area (Å²) in [4.78, 5) is 15.5. The van der Waals surface area contributed by atoms with Crippen LogP contribution in [0.5, 0.6) is 0 Å². The molecule has 2 rings (SSSR count). The predicted molar refractivity (Wildman–Crippen MR) is 69.5 cm³/mol. The first-order valence-electron chi connectivity index (χ1n) is 6.05. The molecule has 1 aliphatic rings. The number of nitrogens with zero attached hydrogens (tertiary/aromatic N) is 2. The van der Waals surface area contributed by atoms with Crippen LogP contribution in [0.1, 0.15) is 24.8 Å². The van der Waals surface area contributed by atoms with Gasteiger partial charge in [-0.15, -0.1) is 0 Å². The molecule has 8 nitrogen and oxygen atoms in total. The Kier molecular flexibility index (Phi) is 4.60. The van der Waals surface area contributed by atoms with E-state index in [0.717, 1.165) is 0 Å². The van der Waals surface area contributed by atoms with Gasteiger partial charge in [-0.25, -0.2) is 0 Å². The summed E-state index contributed by atoms with van der Waals surface area (Å²) in [5.41, 5.74) is 5.50. The molecule has 1 saturated heterocycles. The van der Waals surface area contributed by atoms with E-state index in [4.69, 9.17) is 15.6 Å². The van der Waals surface area contributed by atoms with Crippen LogP contribution in [0.3, 0.4) is 0 Å². The molecule has 0 aliphatic carbocycles. The van der Waals surface area contributed by atoms with E-state index in [2.05, 4.69) is 21.0 Å². The molecule has 0 aromatic carbocycles. The first-order valence-corrected chi connectivity index (χ1v) is 6.90. The minimum absolute atomic E-state index is 0.203. The molecule has 1 aliphatic heterocycles. The zero-order chi connectivity index (χ0) is 15.0. The second-order valence-corrected chi connectivity index (χ2v) is 5.47. The molecule has 111 valence electrons. The van der Waals surface area contributed by atoms with E-state index < -0.39 is 42.7 Å². The maximum absolute atomic E-state index is 11.7. The Morgan fingerprint density at radius 3 is 2.70 bits per heavy atom. The average Bonchev–Trinajstić information content (AvgIpc) is 2.66. The number of ether oxygens (including phenoxy) is 1. The number of hydrogen-bond acceptors (Lipinski definition) is 7. The summed E-state index contributed by atoms with van der Waals surface area (Å²) in [6.07, 6.45) is -2.88. The van der Waals surface area contributed by atoms with Crippen molar-refractivity contribution in [3.8, 4) is 0 Å². The van der Waals surface area contributed by atoms with Crippen molar-refractivity contribution in [2.45, 2.75) is 37.5 Å². The van der Waals surface area contributed by atoms with E-state index in [0.29, 0.717) is 0 Å². The van der Waals surface area contributed by atoms with Gasteiger partial charge in [0.1, 0.15) is 0 Å². The van der Waals surface area contributed by atoms with Crippen molar-refractivity contribution in [1.29, 1.82) is 0 Å². The molecule has 1 fully saturated rings. The standard InChI is InChI=1S/C11H16N3O5Se/c1-4(12)5-2-14(11(20)13-9(5)18)10-8(17)7(16)6(3-15)19-10/h2,4,6-8,10,15-17H,3,12H2,1H3/t4?,6-,7-,8-,10-/m1/s1. The predicted octanol–water partition coefficient (Wildman–Crippen LogP) is -3.33. The van der Waals surface area contributed by atoms with Crippen molar-refractivity contribution in [2.24, 2.45) is 5.73 Å². The first kappa shape index (κ1) is 15.6. The summed E-state index contributed by atoms with van der Waals surface area (Å²) in [5.74, 6) is 0. The number of rotatable bonds is 3. The number of aromatic nitrogens is 2. The molecule has 1 unspecified atom stereocenters. The molecule has 0 amide bonds. The molecule has 5 atom stereocenters. The second kappa shape index (κ2) is 5.90. The van der Waals surface area contributed by atoms with Crippen molar-refractivity contribution >= 4 is 20.7 Å². The third-order valence-electron chi connectivity index (χ3n) is 3.23. The topological polar surface area (TPSA) is 131 Å². The SMILES string of the molecule is CC(N)c1cn([C@@H]2O[C@H](CO)[C@@H](O)[C@H]2O)c([Se])nc1=O. The van der Waals surface area contributed by atoms with E-state index in [1.807, 2.05) is 0 Å². The van der Waals surface area contributed by atoms with Crippen LogP contribution in [0.2, 0.25) is 0 Å². The summed E-state index contributed by atoms with van der Waals surface area (Å²) in [6.45, 7) is 1.21. The number of aliphatic hydroxyl groups is 3. The summed E-state index contributed by atoms with van der Waals surface area (Å²) in [5, 5.41) is 28.8. The normalized spacial score (nSPS) is 31.4. The number of nitrogens with two attached hydrogens (primary N) is 1. The Bertz CT molecular complexity index is 549. The van der Waals surface area contributed by atoms with Gasteiger partial charge in [-0.05, 0) is 0 Å². The Morgan fingerprint density at radius 2 is 2.20 bits per heavy atom. The first-order chi connectivity index (χ1) is 9.36. The zero-order valence-electron chi connectivity index (χ0n) is 10.7. The van der Waals surface area contributed by atoms with Gasteiger partial charge in [-0.1, -0.05) is 0 Å². The van der Waals surface area contributed by atoms with E-state index in [9.17, 15) is 15.0 Å². The minimum atomic E-state index is -1.25. The molecule has 20 heavy (non-hydrogen) atoms. The van der Waals surface area contributed by atoms with E-state index in [-0.39, 0.29) is 10.3 Å². The van der Waals surface area contributed by atoms with Crippen molar-refractivity contribution < 1.29 is 20.1 Å². The molecule has 9 heteroatoms. The monoisotopic (exact) mass is 350 g/mol. The fourth-order valence-corrected chi connectivity index (χ4v) is 2.58. The van der Waals surface area contributed by atoms with Crippen LogP contribution in [0, 0.1) is 0 Å². The van der Waals surface area contributed by atoms with Gasteiger partial charge < -0.3 is 0 Å². The molecule has 1 aromatic heterocycles. The van der Waals surface area contributed by atoms with Crippen LogP contribution in [-0.2, 0) is 4.74 Å². The van der Waals surface area contributed by atoms with Gasteiger partial charge >= 0.3 is 122 Å². The number of aliphatic hydroxyl groups excluding tert-OH is 3. The summed E-state index contributed by atoms with van der Waals surface area (Å²) in [6, 6.07) is -0.529. The molecule has 1 aromatic rings. The Hall–Kier alpha value is -0.801. The Labute approximate surface area is 123 Å². The average molecular weight is 349 g/mol. The molecule has 0 spiro atoms. The molecular weight excluding hydrogens is 333 g/mol. The van der Waals surface area contributed by atoms with Crippen LogP contribution >= 0.6 is 0 Å². The van der Waals surface area contributed by atoms with Crippen molar-refractivity contribution in [3.05, 3.63) is 22.1 Å². The molecule has 0 saturated carbocycles. The van der Waals surface area contributed by atoms with Gasteiger partial charge in [-0.2, -0.15) is 0 Å². The Morgan fingerprint density at radius 1 is 1.55 bits per heavy atom. The molecule has 0 bridgehead atoms. The summed E-state index contributed by atoms with van der Waals surface area (Å²) in [7, 11) is 0. The van der Waals surface area contributed by atoms with Crippen LogP contribution < -0.4 is 16.0 Å². The fourth-order valence-electron chi connectivity index (χ4n) is 2.07. The summed E-state index contributed by atoms with van der Waals surface area (Å²) >= 11 is 2.60. The van der Waals surface area contributed by atoms with Gasteiger partial charge in [0.25, 0.3) is 0 Å². The van der Waals surface area contributed by atoms with Gasteiger partial charge in [-0.3, -0.25) is 0 Å². The van der Waals surface area contributed by atoms with Gasteiger partial charge in [0.2, 0.25) is 0 Å². The van der Waals surface area contributed by atoms with Crippen LogP contribution in [0.25, 0.3) is 0 Å². The van der Waals surface area contributed by atoms with Crippen LogP contribution in [0.15, 0.2) is 11.0 Å². The molecular formula is C11H16N3O5Se. The fraction of sp³-hybridized carbons (Fsp3) is 0.636. The second-order valence-electron chi connectivity index (χ2n) is 4.71. The maximum atomic E-state index is 11.7. The van der Waals surface area contributed by atoms with E-state index in [1.165, 1.54) is 10.8 Å². The molecule has 5 N–H and O–H groups in total. The van der Waals surface area contributed by atoms with Gasteiger partial charge in [0, 0.05) is 0 Å². The van der Waals surface area contributed by atoms with Crippen molar-refractivity contribution in [1.82, 2.24) is 9.55 Å². The number of hydrogen-bond donors (Lipinski definition) is 4. The van der Waals surface area contributed by atoms with E-state index >= 15 is 0 Å². The van der Waals surface area contributed by atoms with Gasteiger partial charge in [0.05, 0.1) is 0 Å². The Balaban J connectivity index is 2.43. The van der Waals surface area contributed by atoms with Crippen molar-refractivity contribution in [3.63, 3.8) is 0 Å².